The Labute approximate surface area is 121 Å². The van der Waals surface area contributed by atoms with Crippen LogP contribution in [-0.2, 0) is 4.79 Å². The smallest absolute Gasteiger partial charge is 0.316 e. The van der Waals surface area contributed by atoms with Crippen molar-refractivity contribution in [1.82, 2.24) is 4.90 Å². The highest BCUT2D eigenvalue weighted by molar-refractivity contribution is 5.78. The lowest BCUT2D eigenvalue weighted by atomic mass is 9.91. The molecular formula is C16H25NO3. The molecule has 0 amide bonds. The first kappa shape index (κ1) is 16.5. The summed E-state index contributed by atoms with van der Waals surface area (Å²) in [4.78, 5) is 14.0. The van der Waals surface area contributed by atoms with Crippen LogP contribution in [0.15, 0.2) is 24.3 Å². The van der Waals surface area contributed by atoms with Crippen LogP contribution in [-0.4, -0.2) is 38.1 Å². The zero-order valence-electron chi connectivity index (χ0n) is 13.1. The molecule has 4 nitrogen and oxygen atoms in total. The van der Waals surface area contributed by atoms with Crippen molar-refractivity contribution in [2.75, 3.05) is 27.2 Å². The van der Waals surface area contributed by atoms with Gasteiger partial charge in [-0.2, -0.15) is 0 Å². The van der Waals surface area contributed by atoms with E-state index in [1.807, 2.05) is 47.0 Å². The topological polar surface area (TPSA) is 38.8 Å². The fourth-order valence-electron chi connectivity index (χ4n) is 1.34. The highest BCUT2D eigenvalue weighted by atomic mass is 16.5. The number of carbonyl (C=O) groups excluding carboxylic acids is 1. The van der Waals surface area contributed by atoms with E-state index in [9.17, 15) is 4.79 Å². The molecule has 0 N–H and O–H groups in total. The molecule has 0 aliphatic heterocycles. The number of hydrogen-bond donors (Lipinski definition) is 0. The highest BCUT2D eigenvalue weighted by Gasteiger charge is 2.27. The van der Waals surface area contributed by atoms with E-state index < -0.39 is 5.41 Å². The second kappa shape index (κ2) is 7.29. The molecule has 0 saturated heterocycles. The molecule has 0 heterocycles. The van der Waals surface area contributed by atoms with E-state index >= 15 is 0 Å². The number of rotatable bonds is 7. The number of ether oxygens (including phenoxy) is 2. The summed E-state index contributed by atoms with van der Waals surface area (Å²) in [5.41, 5.74) is -0.457. The van der Waals surface area contributed by atoms with Crippen LogP contribution in [0.25, 0.3) is 0 Å². The summed E-state index contributed by atoms with van der Waals surface area (Å²) in [6, 6.07) is 7.15. The minimum atomic E-state index is -0.457. The lowest BCUT2D eigenvalue weighted by molar-refractivity contribution is -0.144. The van der Waals surface area contributed by atoms with E-state index in [-0.39, 0.29) is 5.97 Å². The molecule has 1 rings (SSSR count). The van der Waals surface area contributed by atoms with Gasteiger partial charge < -0.3 is 14.4 Å². The molecule has 1 aromatic carbocycles. The van der Waals surface area contributed by atoms with E-state index in [1.54, 1.807) is 12.1 Å². The van der Waals surface area contributed by atoms with E-state index in [0.717, 1.165) is 18.7 Å². The first-order valence-corrected chi connectivity index (χ1v) is 6.95. The quantitative estimate of drug-likeness (QED) is 0.568. The Balaban J connectivity index is 2.52. The lowest BCUT2D eigenvalue weighted by Gasteiger charge is -2.20. The summed E-state index contributed by atoms with van der Waals surface area (Å²) < 4.78 is 10.9. The molecule has 0 radical (unpaired) electrons. The largest absolute Gasteiger partial charge is 0.492 e. The van der Waals surface area contributed by atoms with Gasteiger partial charge in [-0.1, -0.05) is 6.92 Å². The standard InChI is InChI=1S/C16H25NO3/c1-6-16(2,3)15(18)20-14-9-7-13(8-10-14)19-12-11-17(4)5/h7-10H,6,11-12H2,1-5H3. The fourth-order valence-corrected chi connectivity index (χ4v) is 1.34. The Hall–Kier alpha value is -1.55. The van der Waals surface area contributed by atoms with Gasteiger partial charge in [-0.25, -0.2) is 0 Å². The van der Waals surface area contributed by atoms with E-state index in [2.05, 4.69) is 4.90 Å². The zero-order chi connectivity index (χ0) is 15.2. The van der Waals surface area contributed by atoms with Crippen LogP contribution < -0.4 is 9.47 Å². The molecule has 20 heavy (non-hydrogen) atoms. The maximum atomic E-state index is 11.9. The molecule has 0 aliphatic carbocycles. The molecular weight excluding hydrogens is 254 g/mol. The van der Waals surface area contributed by atoms with Crippen molar-refractivity contribution in [2.45, 2.75) is 27.2 Å². The highest BCUT2D eigenvalue weighted by Crippen LogP contribution is 2.24. The molecule has 0 atom stereocenters. The van der Waals surface area contributed by atoms with Crippen molar-refractivity contribution in [2.24, 2.45) is 5.41 Å². The summed E-state index contributed by atoms with van der Waals surface area (Å²) in [6.45, 7) is 7.24. The van der Waals surface area contributed by atoms with Crippen LogP contribution in [0.4, 0.5) is 0 Å². The van der Waals surface area contributed by atoms with Crippen molar-refractivity contribution < 1.29 is 14.3 Å². The molecule has 4 heteroatoms. The molecule has 1 aromatic rings. The summed E-state index contributed by atoms with van der Waals surface area (Å²) in [5, 5.41) is 0. The maximum absolute atomic E-state index is 11.9. The summed E-state index contributed by atoms with van der Waals surface area (Å²) in [6.07, 6.45) is 0.748. The lowest BCUT2D eigenvalue weighted by Crippen LogP contribution is -2.28. The van der Waals surface area contributed by atoms with Gasteiger partial charge in [0.1, 0.15) is 18.1 Å². The predicted molar refractivity (Wildman–Crippen MR) is 80.2 cm³/mol. The molecule has 0 fully saturated rings. The summed E-state index contributed by atoms with van der Waals surface area (Å²) in [5.74, 6) is 1.12. The molecule has 0 bridgehead atoms. The molecule has 112 valence electrons. The summed E-state index contributed by atoms with van der Waals surface area (Å²) >= 11 is 0. The predicted octanol–water partition coefficient (Wildman–Crippen LogP) is 2.97. The second-order valence-electron chi connectivity index (χ2n) is 5.75. The van der Waals surface area contributed by atoms with Gasteiger partial charge in [-0.05, 0) is 58.6 Å². The minimum absolute atomic E-state index is 0.207. The van der Waals surface area contributed by atoms with E-state index in [1.165, 1.54) is 0 Å². The summed E-state index contributed by atoms with van der Waals surface area (Å²) in [7, 11) is 4.00. The third-order valence-electron chi connectivity index (χ3n) is 3.28. The van der Waals surface area contributed by atoms with E-state index in [0.29, 0.717) is 12.4 Å². The van der Waals surface area contributed by atoms with Crippen LogP contribution in [0.5, 0.6) is 11.5 Å². The van der Waals surface area contributed by atoms with Gasteiger partial charge in [0, 0.05) is 6.54 Å². The van der Waals surface area contributed by atoms with Gasteiger partial charge in [-0.15, -0.1) is 0 Å². The third-order valence-corrected chi connectivity index (χ3v) is 3.28. The van der Waals surface area contributed by atoms with Gasteiger partial charge >= 0.3 is 5.97 Å². The van der Waals surface area contributed by atoms with Gasteiger partial charge in [0.2, 0.25) is 0 Å². The van der Waals surface area contributed by atoms with Crippen molar-refractivity contribution in [1.29, 1.82) is 0 Å². The number of hydrogen-bond acceptors (Lipinski definition) is 4. The Kier molecular flexibility index (Phi) is 6.02. The van der Waals surface area contributed by atoms with Gasteiger partial charge in [-0.3, -0.25) is 4.79 Å². The zero-order valence-corrected chi connectivity index (χ0v) is 13.1. The van der Waals surface area contributed by atoms with Crippen LogP contribution in [0.1, 0.15) is 27.2 Å². The monoisotopic (exact) mass is 279 g/mol. The number of nitrogens with zero attached hydrogens (tertiary/aromatic N) is 1. The SMILES string of the molecule is CCC(C)(C)C(=O)Oc1ccc(OCCN(C)C)cc1. The van der Waals surface area contributed by atoms with Crippen LogP contribution in [0.3, 0.4) is 0 Å². The molecule has 0 aromatic heterocycles. The van der Waals surface area contributed by atoms with Crippen LogP contribution >= 0.6 is 0 Å². The number of likely N-dealkylation sites (N-methyl/N-ethyl adjacent to an activating group) is 1. The maximum Gasteiger partial charge on any atom is 0.316 e. The molecule has 0 aliphatic rings. The number of benzene rings is 1. The van der Waals surface area contributed by atoms with Crippen molar-refractivity contribution in [3.05, 3.63) is 24.3 Å². The molecule has 0 unspecified atom stereocenters. The number of esters is 1. The van der Waals surface area contributed by atoms with Crippen LogP contribution in [0.2, 0.25) is 0 Å². The van der Waals surface area contributed by atoms with Crippen LogP contribution in [0, 0.1) is 5.41 Å². The first-order valence-electron chi connectivity index (χ1n) is 6.95. The van der Waals surface area contributed by atoms with Crippen molar-refractivity contribution in [3.8, 4) is 11.5 Å². The fraction of sp³-hybridized carbons (Fsp3) is 0.562. The van der Waals surface area contributed by atoms with Gasteiger partial charge in [0.15, 0.2) is 0 Å². The Morgan fingerprint density at radius 1 is 1.15 bits per heavy atom. The average Bonchev–Trinajstić information content (AvgIpc) is 2.40. The Morgan fingerprint density at radius 3 is 2.20 bits per heavy atom. The normalized spacial score (nSPS) is 11.5. The third kappa shape index (κ3) is 5.21. The first-order chi connectivity index (χ1) is 9.35. The van der Waals surface area contributed by atoms with Crippen molar-refractivity contribution in [3.63, 3.8) is 0 Å². The second-order valence-corrected chi connectivity index (χ2v) is 5.75. The number of carbonyl (C=O) groups is 1. The minimum Gasteiger partial charge on any atom is -0.492 e. The van der Waals surface area contributed by atoms with Gasteiger partial charge in [0.25, 0.3) is 0 Å². The Bertz CT molecular complexity index is 424. The molecule has 0 saturated carbocycles. The molecule has 0 spiro atoms. The average molecular weight is 279 g/mol. The van der Waals surface area contributed by atoms with E-state index in [4.69, 9.17) is 9.47 Å². The van der Waals surface area contributed by atoms with Crippen molar-refractivity contribution >= 4 is 5.97 Å². The Morgan fingerprint density at radius 2 is 1.70 bits per heavy atom. The van der Waals surface area contributed by atoms with Gasteiger partial charge in [0.05, 0.1) is 5.41 Å².